The molecule has 1 heterocycles. The Labute approximate surface area is 169 Å². The van der Waals surface area contributed by atoms with E-state index in [1.165, 1.54) is 29.5 Å². The van der Waals surface area contributed by atoms with E-state index in [1.54, 1.807) is 12.1 Å². The van der Waals surface area contributed by atoms with Crippen LogP contribution in [0.5, 0.6) is 0 Å². The number of nitro groups is 1. The molecule has 1 aliphatic heterocycles. The highest BCUT2D eigenvalue weighted by molar-refractivity contribution is 8.00. The van der Waals surface area contributed by atoms with E-state index in [0.29, 0.717) is 0 Å². The molecule has 0 aliphatic carbocycles. The number of thioether (sulfide) groups is 1. The fraction of sp³-hybridized carbons (Fsp3) is 0.381. The van der Waals surface area contributed by atoms with E-state index in [2.05, 4.69) is 36.1 Å². The third kappa shape index (κ3) is 5.11. The lowest BCUT2D eigenvalue weighted by Crippen LogP contribution is -2.55. The second kappa shape index (κ2) is 9.21. The van der Waals surface area contributed by atoms with Crippen molar-refractivity contribution in [2.24, 2.45) is 0 Å². The summed E-state index contributed by atoms with van der Waals surface area (Å²) in [5, 5.41) is 10.5. The minimum atomic E-state index is -0.417. The molecule has 28 heavy (non-hydrogen) atoms. The molecular weight excluding hydrogens is 374 g/mol. The number of hydrogen-bond donors (Lipinski definition) is 0. The quantitative estimate of drug-likeness (QED) is 0.420. The Kier molecular flexibility index (Phi) is 6.70. The van der Waals surface area contributed by atoms with E-state index < -0.39 is 4.92 Å². The average molecular weight is 400 g/mol. The molecule has 0 N–H and O–H groups in total. The van der Waals surface area contributed by atoms with Gasteiger partial charge in [0.2, 0.25) is 5.91 Å². The minimum absolute atomic E-state index is 0.0616. The van der Waals surface area contributed by atoms with Crippen molar-refractivity contribution in [1.82, 2.24) is 9.80 Å². The number of non-ortho nitro benzene ring substituents is 1. The van der Waals surface area contributed by atoms with Crippen LogP contribution in [0.2, 0.25) is 0 Å². The summed E-state index contributed by atoms with van der Waals surface area (Å²) >= 11 is 1.44. The number of rotatable bonds is 6. The maximum absolute atomic E-state index is 12.9. The van der Waals surface area contributed by atoms with E-state index in [-0.39, 0.29) is 22.9 Å². The fourth-order valence-electron chi connectivity index (χ4n) is 3.48. The first kappa shape index (κ1) is 20.4. The zero-order valence-corrected chi connectivity index (χ0v) is 17.0. The SMILES string of the molecule is CC(Sc1ccc([N+](=O)[O-])cc1)C(=O)N1CCN(Cc2ccccc2)C[C@H]1C. The molecule has 0 bridgehead atoms. The molecule has 2 atom stereocenters. The van der Waals surface area contributed by atoms with E-state index in [0.717, 1.165) is 31.1 Å². The molecule has 0 aromatic heterocycles. The molecule has 2 aromatic carbocycles. The molecule has 148 valence electrons. The second-order valence-electron chi connectivity index (χ2n) is 7.11. The van der Waals surface area contributed by atoms with Crippen LogP contribution in [0.1, 0.15) is 19.4 Å². The number of piperazine rings is 1. The van der Waals surface area contributed by atoms with Gasteiger partial charge in [-0.05, 0) is 31.5 Å². The Hall–Kier alpha value is -2.38. The van der Waals surface area contributed by atoms with Gasteiger partial charge in [-0.25, -0.2) is 0 Å². The molecule has 1 amide bonds. The van der Waals surface area contributed by atoms with Gasteiger partial charge in [0.05, 0.1) is 10.2 Å². The smallest absolute Gasteiger partial charge is 0.269 e. The fourth-order valence-corrected chi connectivity index (χ4v) is 4.42. The third-order valence-corrected chi connectivity index (χ3v) is 6.05. The Bertz CT molecular complexity index is 813. The molecule has 3 rings (SSSR count). The van der Waals surface area contributed by atoms with Crippen molar-refractivity contribution in [3.8, 4) is 0 Å². The van der Waals surface area contributed by atoms with Crippen LogP contribution in [0.4, 0.5) is 5.69 Å². The summed E-state index contributed by atoms with van der Waals surface area (Å²) in [5.41, 5.74) is 1.35. The molecular formula is C21H25N3O3S. The topological polar surface area (TPSA) is 66.7 Å². The second-order valence-corrected chi connectivity index (χ2v) is 8.53. The van der Waals surface area contributed by atoms with Crippen molar-refractivity contribution in [2.75, 3.05) is 19.6 Å². The van der Waals surface area contributed by atoms with Crippen LogP contribution < -0.4 is 0 Å². The van der Waals surface area contributed by atoms with Gasteiger partial charge in [0.15, 0.2) is 0 Å². The van der Waals surface area contributed by atoms with Crippen molar-refractivity contribution >= 4 is 23.4 Å². The molecule has 1 saturated heterocycles. The molecule has 0 saturated carbocycles. The molecule has 7 heteroatoms. The van der Waals surface area contributed by atoms with E-state index in [1.807, 2.05) is 17.9 Å². The predicted molar refractivity (Wildman–Crippen MR) is 111 cm³/mol. The highest BCUT2D eigenvalue weighted by Gasteiger charge is 2.30. The highest BCUT2D eigenvalue weighted by atomic mass is 32.2. The van der Waals surface area contributed by atoms with Crippen LogP contribution in [0.15, 0.2) is 59.5 Å². The van der Waals surface area contributed by atoms with Crippen LogP contribution in [-0.2, 0) is 11.3 Å². The van der Waals surface area contributed by atoms with Crippen molar-refractivity contribution in [2.45, 2.75) is 36.6 Å². The van der Waals surface area contributed by atoms with Crippen LogP contribution in [0.3, 0.4) is 0 Å². The van der Waals surface area contributed by atoms with Gasteiger partial charge in [-0.1, -0.05) is 30.3 Å². The number of carbonyl (C=O) groups is 1. The lowest BCUT2D eigenvalue weighted by Gasteiger charge is -2.41. The molecule has 0 radical (unpaired) electrons. The van der Waals surface area contributed by atoms with Crippen LogP contribution in [0.25, 0.3) is 0 Å². The van der Waals surface area contributed by atoms with Crippen molar-refractivity contribution in [1.29, 1.82) is 0 Å². The van der Waals surface area contributed by atoms with Gasteiger partial charge in [0.1, 0.15) is 0 Å². The molecule has 1 unspecified atom stereocenters. The third-order valence-electron chi connectivity index (χ3n) is 4.95. The van der Waals surface area contributed by atoms with Gasteiger partial charge in [-0.15, -0.1) is 11.8 Å². The van der Waals surface area contributed by atoms with Crippen LogP contribution in [-0.4, -0.2) is 51.6 Å². The molecule has 0 spiro atoms. The summed E-state index contributed by atoms with van der Waals surface area (Å²) in [4.78, 5) is 28.5. The summed E-state index contributed by atoms with van der Waals surface area (Å²) < 4.78 is 0. The van der Waals surface area contributed by atoms with Crippen molar-refractivity contribution in [3.63, 3.8) is 0 Å². The number of carbonyl (C=O) groups excluding carboxylic acids is 1. The number of hydrogen-bond acceptors (Lipinski definition) is 5. The summed E-state index contributed by atoms with van der Waals surface area (Å²) in [6, 6.07) is 16.9. The summed E-state index contributed by atoms with van der Waals surface area (Å²) in [5.74, 6) is 0.121. The van der Waals surface area contributed by atoms with Gasteiger partial charge in [0, 0.05) is 49.2 Å². The van der Waals surface area contributed by atoms with Crippen LogP contribution >= 0.6 is 11.8 Å². The number of benzene rings is 2. The van der Waals surface area contributed by atoms with E-state index >= 15 is 0 Å². The zero-order chi connectivity index (χ0) is 20.1. The normalized spacial score (nSPS) is 18.6. The average Bonchev–Trinajstić information content (AvgIpc) is 2.69. The van der Waals surface area contributed by atoms with E-state index in [4.69, 9.17) is 0 Å². The first-order valence-corrected chi connectivity index (χ1v) is 10.3. The van der Waals surface area contributed by atoms with Gasteiger partial charge < -0.3 is 4.90 Å². The Morgan fingerprint density at radius 3 is 2.46 bits per heavy atom. The lowest BCUT2D eigenvalue weighted by molar-refractivity contribution is -0.384. The molecule has 2 aromatic rings. The molecule has 1 fully saturated rings. The lowest BCUT2D eigenvalue weighted by atomic mass is 10.1. The zero-order valence-electron chi connectivity index (χ0n) is 16.2. The Morgan fingerprint density at radius 2 is 1.86 bits per heavy atom. The first-order chi connectivity index (χ1) is 13.4. The molecule has 6 nitrogen and oxygen atoms in total. The Balaban J connectivity index is 1.54. The number of nitrogens with zero attached hydrogens (tertiary/aromatic N) is 3. The summed E-state index contributed by atoms with van der Waals surface area (Å²) in [6.07, 6.45) is 0. The maximum atomic E-state index is 12.9. The molecule has 1 aliphatic rings. The van der Waals surface area contributed by atoms with Gasteiger partial charge in [0.25, 0.3) is 5.69 Å². The van der Waals surface area contributed by atoms with Gasteiger partial charge >= 0.3 is 0 Å². The van der Waals surface area contributed by atoms with Crippen LogP contribution in [0, 0.1) is 10.1 Å². The maximum Gasteiger partial charge on any atom is 0.269 e. The monoisotopic (exact) mass is 399 g/mol. The van der Waals surface area contributed by atoms with Gasteiger partial charge in [-0.2, -0.15) is 0 Å². The van der Waals surface area contributed by atoms with Gasteiger partial charge in [-0.3, -0.25) is 19.8 Å². The number of nitro benzene ring substituents is 1. The predicted octanol–water partition coefficient (Wildman–Crippen LogP) is 3.81. The Morgan fingerprint density at radius 1 is 1.18 bits per heavy atom. The summed E-state index contributed by atoms with van der Waals surface area (Å²) in [7, 11) is 0. The number of amides is 1. The van der Waals surface area contributed by atoms with Crippen molar-refractivity contribution in [3.05, 3.63) is 70.3 Å². The minimum Gasteiger partial charge on any atom is -0.336 e. The largest absolute Gasteiger partial charge is 0.336 e. The van der Waals surface area contributed by atoms with E-state index in [9.17, 15) is 14.9 Å². The highest BCUT2D eigenvalue weighted by Crippen LogP contribution is 2.27. The summed E-state index contributed by atoms with van der Waals surface area (Å²) in [6.45, 7) is 7.34. The standard InChI is InChI=1S/C21H25N3O3S/c1-16-14-22(15-18-6-4-3-5-7-18)12-13-23(16)21(25)17(2)28-20-10-8-19(9-11-20)24(26)27/h3-11,16-17H,12-15H2,1-2H3/t16-,17?/m1/s1. The first-order valence-electron chi connectivity index (χ1n) is 9.42. The van der Waals surface area contributed by atoms with Crippen molar-refractivity contribution < 1.29 is 9.72 Å².